The van der Waals surface area contributed by atoms with Gasteiger partial charge in [0.2, 0.25) is 0 Å². The number of nitrogens with one attached hydrogen (secondary N) is 2. The average Bonchev–Trinajstić information content (AvgIpc) is 2.33. The summed E-state index contributed by atoms with van der Waals surface area (Å²) in [7, 11) is 0. The molecule has 6 nitrogen and oxygen atoms in total. The Morgan fingerprint density at radius 1 is 0.955 bits per heavy atom. The van der Waals surface area contributed by atoms with E-state index < -0.39 is 12.2 Å². The van der Waals surface area contributed by atoms with Crippen LogP contribution in [0.15, 0.2) is 12.1 Å². The molecule has 0 bridgehead atoms. The van der Waals surface area contributed by atoms with Crippen molar-refractivity contribution in [2.75, 3.05) is 10.6 Å². The third kappa shape index (κ3) is 5.99. The van der Waals surface area contributed by atoms with Crippen LogP contribution in [0.5, 0.6) is 0 Å². The second-order valence-electron chi connectivity index (χ2n) is 4.98. The van der Waals surface area contributed by atoms with Gasteiger partial charge in [0.25, 0.3) is 0 Å². The minimum absolute atomic E-state index is 0.144. The molecule has 0 fully saturated rings. The fourth-order valence-corrected chi connectivity index (χ4v) is 1.84. The molecular formula is C14H18Cl2N2O4. The third-order valence-electron chi connectivity index (χ3n) is 2.20. The molecule has 0 aliphatic rings. The van der Waals surface area contributed by atoms with Crippen LogP contribution in [-0.2, 0) is 9.47 Å². The number of rotatable bonds is 4. The van der Waals surface area contributed by atoms with Crippen molar-refractivity contribution in [1.29, 1.82) is 0 Å². The summed E-state index contributed by atoms with van der Waals surface area (Å²) in [6.45, 7) is 6.88. The molecule has 0 atom stereocenters. The highest BCUT2D eigenvalue weighted by atomic mass is 35.5. The van der Waals surface area contributed by atoms with E-state index in [2.05, 4.69) is 10.6 Å². The zero-order valence-corrected chi connectivity index (χ0v) is 14.2. The largest absolute Gasteiger partial charge is 0.447 e. The minimum Gasteiger partial charge on any atom is -0.447 e. The fraction of sp³-hybridized carbons (Fsp3) is 0.429. The molecule has 0 aromatic heterocycles. The highest BCUT2D eigenvalue weighted by Gasteiger charge is 2.14. The molecule has 2 amide bonds. The maximum absolute atomic E-state index is 11.6. The molecule has 1 aromatic carbocycles. The Hall–Kier alpha value is -1.66. The topological polar surface area (TPSA) is 76.7 Å². The van der Waals surface area contributed by atoms with E-state index in [1.807, 2.05) is 0 Å². The van der Waals surface area contributed by atoms with E-state index in [0.717, 1.165) is 0 Å². The summed E-state index contributed by atoms with van der Waals surface area (Å²) in [4.78, 5) is 23.2. The lowest BCUT2D eigenvalue weighted by Crippen LogP contribution is -2.19. The molecule has 22 heavy (non-hydrogen) atoms. The summed E-state index contributed by atoms with van der Waals surface area (Å²) in [5, 5.41) is 5.28. The van der Waals surface area contributed by atoms with E-state index in [1.165, 1.54) is 12.1 Å². The zero-order chi connectivity index (χ0) is 16.9. The monoisotopic (exact) mass is 348 g/mol. The smallest absolute Gasteiger partial charge is 0.411 e. The standard InChI is InChI=1S/C14H18Cl2N2O4/c1-7(2)21-13(19)17-9-5-10(15)12(16)11(6-9)18-14(20)22-8(3)4/h5-8H,1-4H3,(H,17,19)(H,18,20). The minimum atomic E-state index is -0.671. The lowest BCUT2D eigenvalue weighted by molar-refractivity contribution is 0.129. The molecule has 0 radical (unpaired) electrons. The van der Waals surface area contributed by atoms with Gasteiger partial charge in [-0.25, -0.2) is 9.59 Å². The van der Waals surface area contributed by atoms with Crippen molar-refractivity contribution >= 4 is 46.8 Å². The van der Waals surface area contributed by atoms with E-state index in [-0.39, 0.29) is 27.9 Å². The number of hydrogen-bond donors (Lipinski definition) is 2. The van der Waals surface area contributed by atoms with Crippen molar-refractivity contribution in [3.8, 4) is 0 Å². The number of benzene rings is 1. The molecule has 8 heteroatoms. The van der Waals surface area contributed by atoms with Gasteiger partial charge in [-0.05, 0) is 39.8 Å². The Balaban J connectivity index is 2.89. The molecule has 0 aliphatic heterocycles. The van der Waals surface area contributed by atoms with E-state index in [4.69, 9.17) is 32.7 Å². The first kappa shape index (κ1) is 18.4. The summed E-state index contributed by atoms with van der Waals surface area (Å²) in [5.74, 6) is 0. The Kier molecular flexibility index (Phi) is 6.77. The van der Waals surface area contributed by atoms with Gasteiger partial charge in [0.1, 0.15) is 0 Å². The van der Waals surface area contributed by atoms with Crippen LogP contribution in [0.4, 0.5) is 21.0 Å². The van der Waals surface area contributed by atoms with E-state index >= 15 is 0 Å². The Morgan fingerprint density at radius 3 is 1.95 bits per heavy atom. The third-order valence-corrected chi connectivity index (χ3v) is 3.00. The molecule has 1 rings (SSSR count). The van der Waals surface area contributed by atoms with Crippen molar-refractivity contribution in [2.45, 2.75) is 39.9 Å². The summed E-state index contributed by atoms with van der Waals surface area (Å²) >= 11 is 12.0. The molecule has 0 aliphatic carbocycles. The fourth-order valence-electron chi connectivity index (χ4n) is 1.47. The summed E-state index contributed by atoms with van der Waals surface area (Å²) in [6.07, 6.45) is -1.85. The molecule has 122 valence electrons. The van der Waals surface area contributed by atoms with Crippen LogP contribution in [0.3, 0.4) is 0 Å². The van der Waals surface area contributed by atoms with Gasteiger partial charge in [-0.2, -0.15) is 0 Å². The number of carbonyl (C=O) groups is 2. The maximum Gasteiger partial charge on any atom is 0.411 e. The molecule has 0 spiro atoms. The van der Waals surface area contributed by atoms with Crippen LogP contribution >= 0.6 is 23.2 Å². The lowest BCUT2D eigenvalue weighted by atomic mass is 10.2. The first-order chi connectivity index (χ1) is 10.2. The molecule has 0 saturated carbocycles. The molecule has 0 unspecified atom stereocenters. The second-order valence-corrected chi connectivity index (χ2v) is 5.76. The number of anilines is 2. The van der Waals surface area contributed by atoms with E-state index in [1.54, 1.807) is 27.7 Å². The van der Waals surface area contributed by atoms with Gasteiger partial charge in [-0.3, -0.25) is 10.6 Å². The van der Waals surface area contributed by atoms with Crippen LogP contribution in [0.25, 0.3) is 0 Å². The van der Waals surface area contributed by atoms with Gasteiger partial charge in [0.15, 0.2) is 0 Å². The van der Waals surface area contributed by atoms with Crippen LogP contribution < -0.4 is 10.6 Å². The van der Waals surface area contributed by atoms with Crippen LogP contribution in [0.2, 0.25) is 10.0 Å². The summed E-state index contributed by atoms with van der Waals surface area (Å²) in [6, 6.07) is 2.90. The number of carbonyl (C=O) groups excluding carboxylic acids is 2. The van der Waals surface area contributed by atoms with Crippen molar-refractivity contribution < 1.29 is 19.1 Å². The van der Waals surface area contributed by atoms with Crippen molar-refractivity contribution in [1.82, 2.24) is 0 Å². The van der Waals surface area contributed by atoms with Gasteiger partial charge in [0, 0.05) is 5.69 Å². The molecule has 1 aromatic rings. The molecule has 0 heterocycles. The predicted molar refractivity (Wildman–Crippen MR) is 86.9 cm³/mol. The molecular weight excluding hydrogens is 331 g/mol. The highest BCUT2D eigenvalue weighted by molar-refractivity contribution is 6.44. The SMILES string of the molecule is CC(C)OC(=O)Nc1cc(Cl)c(Cl)c(NC(=O)OC(C)C)c1. The van der Waals surface area contributed by atoms with Crippen molar-refractivity contribution in [2.24, 2.45) is 0 Å². The van der Waals surface area contributed by atoms with Gasteiger partial charge in [-0.1, -0.05) is 23.2 Å². The predicted octanol–water partition coefficient (Wildman–Crippen LogP) is 4.91. The first-order valence-electron chi connectivity index (χ1n) is 6.63. The van der Waals surface area contributed by atoms with Gasteiger partial charge in [0.05, 0.1) is 27.9 Å². The van der Waals surface area contributed by atoms with Crippen LogP contribution in [0.1, 0.15) is 27.7 Å². The van der Waals surface area contributed by atoms with Crippen LogP contribution in [0, 0.1) is 0 Å². The zero-order valence-electron chi connectivity index (χ0n) is 12.7. The highest BCUT2D eigenvalue weighted by Crippen LogP contribution is 2.33. The van der Waals surface area contributed by atoms with Crippen molar-refractivity contribution in [3.63, 3.8) is 0 Å². The Bertz CT molecular complexity index is 562. The van der Waals surface area contributed by atoms with Gasteiger partial charge < -0.3 is 9.47 Å². The summed E-state index contributed by atoms with van der Waals surface area (Å²) < 4.78 is 9.92. The first-order valence-corrected chi connectivity index (χ1v) is 7.39. The normalized spacial score (nSPS) is 10.5. The van der Waals surface area contributed by atoms with E-state index in [9.17, 15) is 9.59 Å². The quantitative estimate of drug-likeness (QED) is 0.810. The Labute approximate surface area is 139 Å². The number of halogens is 2. The maximum atomic E-state index is 11.6. The number of amides is 2. The lowest BCUT2D eigenvalue weighted by Gasteiger charge is -2.14. The number of hydrogen-bond acceptors (Lipinski definition) is 4. The molecule has 0 saturated heterocycles. The number of ether oxygens (including phenoxy) is 2. The van der Waals surface area contributed by atoms with Gasteiger partial charge in [-0.15, -0.1) is 0 Å². The van der Waals surface area contributed by atoms with Gasteiger partial charge >= 0.3 is 12.2 Å². The summed E-state index contributed by atoms with van der Waals surface area (Å²) in [5.41, 5.74) is 0.555. The van der Waals surface area contributed by atoms with Crippen molar-refractivity contribution in [3.05, 3.63) is 22.2 Å². The second kappa shape index (κ2) is 8.10. The average molecular weight is 349 g/mol. The Morgan fingerprint density at radius 2 is 1.45 bits per heavy atom. The van der Waals surface area contributed by atoms with Crippen LogP contribution in [-0.4, -0.2) is 24.4 Å². The molecule has 2 N–H and O–H groups in total. The van der Waals surface area contributed by atoms with E-state index in [0.29, 0.717) is 5.69 Å².